The second-order valence-electron chi connectivity index (χ2n) is 7.05. The first-order valence-electron chi connectivity index (χ1n) is 8.51. The SMILES string of the molecule is CC(=O)O[C@@H]1CC[C@@H]2[C@H](C)CN(S(=O)(=O)c3ccc(C)cc3)[C@@H]2C1=O. The van der Waals surface area contributed by atoms with Gasteiger partial charge in [0.1, 0.15) is 0 Å². The summed E-state index contributed by atoms with van der Waals surface area (Å²) in [5.41, 5.74) is 0.968. The number of esters is 1. The molecule has 4 atom stereocenters. The predicted molar refractivity (Wildman–Crippen MR) is 91.3 cm³/mol. The fourth-order valence-electron chi connectivity index (χ4n) is 3.94. The second kappa shape index (κ2) is 6.53. The van der Waals surface area contributed by atoms with E-state index in [0.717, 1.165) is 5.56 Å². The summed E-state index contributed by atoms with van der Waals surface area (Å²) in [5.74, 6) is -0.755. The van der Waals surface area contributed by atoms with Gasteiger partial charge >= 0.3 is 5.97 Å². The third kappa shape index (κ3) is 3.22. The molecule has 0 unspecified atom stereocenters. The van der Waals surface area contributed by atoms with Crippen molar-refractivity contribution in [3.05, 3.63) is 29.8 Å². The van der Waals surface area contributed by atoms with Crippen molar-refractivity contribution in [2.75, 3.05) is 6.54 Å². The van der Waals surface area contributed by atoms with Gasteiger partial charge in [-0.25, -0.2) is 8.42 Å². The topological polar surface area (TPSA) is 80.8 Å². The maximum absolute atomic E-state index is 13.1. The number of ketones is 1. The molecule has 1 heterocycles. The summed E-state index contributed by atoms with van der Waals surface area (Å²) >= 11 is 0. The number of fused-ring (bicyclic) bond motifs is 1. The molecule has 1 aliphatic heterocycles. The number of carbonyl (C=O) groups excluding carboxylic acids is 2. The van der Waals surface area contributed by atoms with E-state index < -0.39 is 28.1 Å². The number of hydrogen-bond acceptors (Lipinski definition) is 5. The van der Waals surface area contributed by atoms with E-state index in [4.69, 9.17) is 4.74 Å². The molecule has 25 heavy (non-hydrogen) atoms. The Hall–Kier alpha value is -1.73. The summed E-state index contributed by atoms with van der Waals surface area (Å²) < 4.78 is 32.6. The number of rotatable bonds is 3. The van der Waals surface area contributed by atoms with Gasteiger partial charge in [0.15, 0.2) is 11.9 Å². The van der Waals surface area contributed by atoms with Crippen molar-refractivity contribution in [2.45, 2.75) is 50.7 Å². The molecule has 1 aliphatic carbocycles. The monoisotopic (exact) mass is 365 g/mol. The number of carbonyl (C=O) groups is 2. The van der Waals surface area contributed by atoms with Crippen molar-refractivity contribution in [3.63, 3.8) is 0 Å². The van der Waals surface area contributed by atoms with E-state index in [1.807, 2.05) is 13.8 Å². The van der Waals surface area contributed by atoms with Crippen molar-refractivity contribution in [3.8, 4) is 0 Å². The van der Waals surface area contributed by atoms with Crippen molar-refractivity contribution in [1.82, 2.24) is 4.31 Å². The van der Waals surface area contributed by atoms with Crippen LogP contribution in [0.3, 0.4) is 0 Å². The van der Waals surface area contributed by atoms with Crippen LogP contribution in [0.5, 0.6) is 0 Å². The minimum absolute atomic E-state index is 0.0282. The Morgan fingerprint density at radius 1 is 1.20 bits per heavy atom. The standard InChI is InChI=1S/C18H23NO5S/c1-11-4-6-14(7-5-11)25(22,23)19-10-12(2)15-8-9-16(24-13(3)20)18(21)17(15)19/h4-7,12,15-17H,8-10H2,1-3H3/t12-,15-,16-,17+/m1/s1. The van der Waals surface area contributed by atoms with E-state index in [-0.39, 0.29) is 22.5 Å². The first-order chi connectivity index (χ1) is 11.7. The average molecular weight is 365 g/mol. The molecule has 136 valence electrons. The third-order valence-electron chi connectivity index (χ3n) is 5.22. The summed E-state index contributed by atoms with van der Waals surface area (Å²) in [6.45, 7) is 5.43. The summed E-state index contributed by atoms with van der Waals surface area (Å²) in [7, 11) is -3.77. The van der Waals surface area contributed by atoms with Crippen LogP contribution in [0, 0.1) is 18.8 Å². The summed E-state index contributed by atoms with van der Waals surface area (Å²) in [6.07, 6.45) is 0.289. The van der Waals surface area contributed by atoms with E-state index in [1.165, 1.54) is 11.2 Å². The van der Waals surface area contributed by atoms with Crippen LogP contribution in [0.4, 0.5) is 0 Å². The zero-order valence-corrected chi connectivity index (χ0v) is 15.5. The first kappa shape index (κ1) is 18.1. The smallest absolute Gasteiger partial charge is 0.303 e. The van der Waals surface area contributed by atoms with E-state index in [9.17, 15) is 18.0 Å². The summed E-state index contributed by atoms with van der Waals surface area (Å²) in [5, 5.41) is 0. The molecule has 1 aromatic rings. The average Bonchev–Trinajstić information content (AvgIpc) is 2.89. The Morgan fingerprint density at radius 3 is 2.44 bits per heavy atom. The molecule has 0 radical (unpaired) electrons. The molecule has 3 rings (SSSR count). The van der Waals surface area contributed by atoms with Crippen LogP contribution >= 0.6 is 0 Å². The highest BCUT2D eigenvalue weighted by atomic mass is 32.2. The van der Waals surface area contributed by atoms with Crippen molar-refractivity contribution < 1.29 is 22.7 Å². The first-order valence-corrected chi connectivity index (χ1v) is 9.95. The zero-order chi connectivity index (χ0) is 18.4. The minimum Gasteiger partial charge on any atom is -0.454 e. The summed E-state index contributed by atoms with van der Waals surface area (Å²) in [6, 6.07) is 5.88. The molecule has 6 nitrogen and oxygen atoms in total. The lowest BCUT2D eigenvalue weighted by atomic mass is 9.78. The Bertz CT molecular complexity index is 786. The van der Waals surface area contributed by atoms with Gasteiger partial charge in [0.2, 0.25) is 10.0 Å². The molecule has 0 N–H and O–H groups in total. The Labute approximate surface area is 148 Å². The Balaban J connectivity index is 1.94. The predicted octanol–water partition coefficient (Wildman–Crippen LogP) is 1.91. The maximum Gasteiger partial charge on any atom is 0.303 e. The van der Waals surface area contributed by atoms with Crippen LogP contribution in [-0.4, -0.2) is 43.2 Å². The van der Waals surface area contributed by atoms with Crippen molar-refractivity contribution in [2.24, 2.45) is 11.8 Å². The molecule has 1 aromatic carbocycles. The van der Waals surface area contributed by atoms with Gasteiger partial charge in [0.25, 0.3) is 0 Å². The minimum atomic E-state index is -3.77. The number of nitrogens with zero attached hydrogens (tertiary/aromatic N) is 1. The Morgan fingerprint density at radius 2 is 1.84 bits per heavy atom. The highest BCUT2D eigenvalue weighted by Gasteiger charge is 2.53. The van der Waals surface area contributed by atoms with Gasteiger partial charge in [-0.15, -0.1) is 0 Å². The number of Topliss-reactive ketones (excluding diaryl/α,β-unsaturated/α-hetero) is 1. The number of ether oxygens (including phenoxy) is 1. The lowest BCUT2D eigenvalue weighted by Gasteiger charge is -2.34. The third-order valence-corrected chi connectivity index (χ3v) is 7.08. The van der Waals surface area contributed by atoms with Crippen LogP contribution in [0.1, 0.15) is 32.3 Å². The van der Waals surface area contributed by atoms with E-state index >= 15 is 0 Å². The van der Waals surface area contributed by atoms with E-state index in [1.54, 1.807) is 24.3 Å². The molecular formula is C18H23NO5S. The van der Waals surface area contributed by atoms with Gasteiger partial charge in [-0.1, -0.05) is 24.6 Å². The molecule has 0 bridgehead atoms. The van der Waals surface area contributed by atoms with E-state index in [0.29, 0.717) is 19.4 Å². The van der Waals surface area contributed by atoms with Gasteiger partial charge in [0.05, 0.1) is 10.9 Å². The molecule has 1 saturated heterocycles. The lowest BCUT2D eigenvalue weighted by Crippen LogP contribution is -2.51. The fourth-order valence-corrected chi connectivity index (χ4v) is 5.68. The number of sulfonamides is 1. The summed E-state index contributed by atoms with van der Waals surface area (Å²) in [4.78, 5) is 24.3. The van der Waals surface area contributed by atoms with Crippen LogP contribution in [0.2, 0.25) is 0 Å². The van der Waals surface area contributed by atoms with Crippen LogP contribution < -0.4 is 0 Å². The molecule has 0 amide bonds. The molecule has 2 aliphatic rings. The lowest BCUT2D eigenvalue weighted by molar-refractivity contribution is -0.157. The maximum atomic E-state index is 13.1. The van der Waals surface area contributed by atoms with Crippen LogP contribution in [-0.2, 0) is 24.3 Å². The zero-order valence-electron chi connectivity index (χ0n) is 14.6. The highest BCUT2D eigenvalue weighted by Crippen LogP contribution is 2.41. The van der Waals surface area contributed by atoms with Crippen LogP contribution in [0.15, 0.2) is 29.2 Å². The van der Waals surface area contributed by atoms with Gasteiger partial charge in [-0.05, 0) is 43.7 Å². The van der Waals surface area contributed by atoms with E-state index in [2.05, 4.69) is 0 Å². The van der Waals surface area contributed by atoms with Gasteiger partial charge < -0.3 is 4.74 Å². The highest BCUT2D eigenvalue weighted by molar-refractivity contribution is 7.89. The number of hydrogen-bond donors (Lipinski definition) is 0. The van der Waals surface area contributed by atoms with Crippen LogP contribution in [0.25, 0.3) is 0 Å². The quantitative estimate of drug-likeness (QED) is 0.765. The molecule has 1 saturated carbocycles. The number of benzene rings is 1. The van der Waals surface area contributed by atoms with Crippen molar-refractivity contribution >= 4 is 21.8 Å². The molecular weight excluding hydrogens is 342 g/mol. The fraction of sp³-hybridized carbons (Fsp3) is 0.556. The largest absolute Gasteiger partial charge is 0.454 e. The van der Waals surface area contributed by atoms with Crippen molar-refractivity contribution in [1.29, 1.82) is 0 Å². The number of aryl methyl sites for hydroxylation is 1. The molecule has 7 heteroatoms. The van der Waals surface area contributed by atoms with Gasteiger partial charge in [-0.3, -0.25) is 9.59 Å². The normalized spacial score (nSPS) is 30.1. The molecule has 0 spiro atoms. The second-order valence-corrected chi connectivity index (χ2v) is 8.94. The molecule has 2 fully saturated rings. The Kier molecular flexibility index (Phi) is 4.72. The van der Waals surface area contributed by atoms with Gasteiger partial charge in [-0.2, -0.15) is 4.31 Å². The van der Waals surface area contributed by atoms with Gasteiger partial charge in [0, 0.05) is 13.5 Å². The molecule has 0 aromatic heterocycles.